The minimum atomic E-state index is -0.525. The Kier molecular flexibility index (Phi) is 6.58. The predicted octanol–water partition coefficient (Wildman–Crippen LogP) is 4.05. The molecule has 1 heterocycles. The van der Waals surface area contributed by atoms with Gasteiger partial charge in [0.05, 0.1) is 10.2 Å². The number of carbonyl (C=O) groups is 2. The van der Waals surface area contributed by atoms with Crippen molar-refractivity contribution in [3.8, 4) is 11.5 Å². The second-order valence-electron chi connectivity index (χ2n) is 5.64. The van der Waals surface area contributed by atoms with Gasteiger partial charge in [0.1, 0.15) is 12.3 Å². The quantitative estimate of drug-likeness (QED) is 0.303. The zero-order chi connectivity index (χ0) is 19.4. The first-order valence-electron chi connectivity index (χ1n) is 8.14. The number of rotatable bonds is 6. The number of hydrogen-bond acceptors (Lipinski definition) is 4. The standard InChI is InChI=1S/C19H16I2N2O4/c1-2-26-16-9-12(8-15-18(24)23-19(25)22-15)7-14(21)17(16)27-10-11-3-5-13(20)6-4-11/h3-9H,2,10H2,1H3,(H2,22,23,24,25)/b15-8+. The van der Waals surface area contributed by atoms with Gasteiger partial charge in [0.25, 0.3) is 5.91 Å². The number of carbonyl (C=O) groups excluding carboxylic acids is 2. The Hall–Kier alpha value is -1.82. The first-order chi connectivity index (χ1) is 13.0. The van der Waals surface area contributed by atoms with Crippen LogP contribution in [0.15, 0.2) is 42.1 Å². The smallest absolute Gasteiger partial charge is 0.326 e. The van der Waals surface area contributed by atoms with Crippen molar-refractivity contribution in [2.45, 2.75) is 13.5 Å². The van der Waals surface area contributed by atoms with Crippen LogP contribution in [0.4, 0.5) is 4.79 Å². The molecule has 0 radical (unpaired) electrons. The van der Waals surface area contributed by atoms with Crippen molar-refractivity contribution in [2.75, 3.05) is 6.61 Å². The number of ether oxygens (including phenoxy) is 2. The number of hydrogen-bond donors (Lipinski definition) is 2. The van der Waals surface area contributed by atoms with Gasteiger partial charge in [-0.15, -0.1) is 0 Å². The average molecular weight is 590 g/mol. The Morgan fingerprint density at radius 1 is 1.04 bits per heavy atom. The molecule has 6 nitrogen and oxygen atoms in total. The second kappa shape index (κ2) is 8.91. The van der Waals surface area contributed by atoms with Crippen LogP contribution in [0.1, 0.15) is 18.1 Å². The Labute approximate surface area is 184 Å². The van der Waals surface area contributed by atoms with Gasteiger partial charge in [-0.1, -0.05) is 12.1 Å². The summed E-state index contributed by atoms with van der Waals surface area (Å²) in [7, 11) is 0. The maximum absolute atomic E-state index is 11.7. The fourth-order valence-corrected chi connectivity index (χ4v) is 3.60. The summed E-state index contributed by atoms with van der Waals surface area (Å²) in [4.78, 5) is 23.0. The van der Waals surface area contributed by atoms with E-state index in [9.17, 15) is 9.59 Å². The zero-order valence-corrected chi connectivity index (χ0v) is 18.7. The number of amides is 3. The summed E-state index contributed by atoms with van der Waals surface area (Å²) >= 11 is 4.43. The molecule has 3 rings (SSSR count). The van der Waals surface area contributed by atoms with E-state index in [-0.39, 0.29) is 5.70 Å². The molecule has 0 saturated carbocycles. The van der Waals surface area contributed by atoms with Crippen molar-refractivity contribution in [3.05, 3.63) is 60.4 Å². The van der Waals surface area contributed by atoms with E-state index >= 15 is 0 Å². The summed E-state index contributed by atoms with van der Waals surface area (Å²) in [5.74, 6) is 0.788. The van der Waals surface area contributed by atoms with Crippen molar-refractivity contribution in [3.63, 3.8) is 0 Å². The Morgan fingerprint density at radius 2 is 1.78 bits per heavy atom. The first kappa shape index (κ1) is 19.9. The van der Waals surface area contributed by atoms with Crippen LogP contribution >= 0.6 is 45.2 Å². The molecule has 27 heavy (non-hydrogen) atoms. The van der Waals surface area contributed by atoms with Crippen molar-refractivity contribution < 1.29 is 19.1 Å². The van der Waals surface area contributed by atoms with Crippen LogP contribution in [0.5, 0.6) is 11.5 Å². The second-order valence-corrected chi connectivity index (χ2v) is 8.05. The van der Waals surface area contributed by atoms with Gasteiger partial charge in [-0.3, -0.25) is 10.1 Å². The molecule has 2 aromatic rings. The number of nitrogens with one attached hydrogen (secondary N) is 2. The van der Waals surface area contributed by atoms with E-state index < -0.39 is 11.9 Å². The molecule has 3 amide bonds. The van der Waals surface area contributed by atoms with E-state index in [4.69, 9.17) is 9.47 Å². The summed E-state index contributed by atoms with van der Waals surface area (Å²) in [5, 5.41) is 4.65. The maximum atomic E-state index is 11.7. The molecule has 0 aromatic heterocycles. The summed E-state index contributed by atoms with van der Waals surface area (Å²) in [6, 6.07) is 11.2. The molecular formula is C19H16I2N2O4. The lowest BCUT2D eigenvalue weighted by atomic mass is 10.1. The Balaban J connectivity index is 1.85. The predicted molar refractivity (Wildman–Crippen MR) is 118 cm³/mol. The van der Waals surface area contributed by atoms with Crippen LogP contribution in [0.3, 0.4) is 0 Å². The lowest BCUT2D eigenvalue weighted by Gasteiger charge is -2.15. The van der Waals surface area contributed by atoms with Crippen molar-refractivity contribution in [1.82, 2.24) is 10.6 Å². The zero-order valence-electron chi connectivity index (χ0n) is 14.3. The van der Waals surface area contributed by atoms with E-state index in [2.05, 4.69) is 55.8 Å². The van der Waals surface area contributed by atoms with Crippen LogP contribution < -0.4 is 20.1 Å². The molecule has 140 valence electrons. The highest BCUT2D eigenvalue weighted by atomic mass is 127. The maximum Gasteiger partial charge on any atom is 0.326 e. The van der Waals surface area contributed by atoms with Crippen LogP contribution in [-0.4, -0.2) is 18.5 Å². The van der Waals surface area contributed by atoms with Gasteiger partial charge in [0.2, 0.25) is 0 Å². The SMILES string of the molecule is CCOc1cc(/C=C2/NC(=O)NC2=O)cc(I)c1OCc1ccc(I)cc1. The molecule has 1 aliphatic rings. The van der Waals surface area contributed by atoms with Crippen LogP contribution in [0.25, 0.3) is 6.08 Å². The van der Waals surface area contributed by atoms with Gasteiger partial charge < -0.3 is 14.8 Å². The topological polar surface area (TPSA) is 76.7 Å². The van der Waals surface area contributed by atoms with Crippen molar-refractivity contribution >= 4 is 63.2 Å². The molecule has 0 spiro atoms. The molecule has 2 aromatic carbocycles. The Bertz CT molecular complexity index is 911. The summed E-state index contributed by atoms with van der Waals surface area (Å²) < 4.78 is 13.8. The number of imide groups is 1. The summed E-state index contributed by atoms with van der Waals surface area (Å²) in [5.41, 5.74) is 1.99. The third-order valence-electron chi connectivity index (χ3n) is 3.66. The third-order valence-corrected chi connectivity index (χ3v) is 5.18. The summed E-state index contributed by atoms with van der Waals surface area (Å²) in [6.45, 7) is 2.80. The first-order valence-corrected chi connectivity index (χ1v) is 10.3. The highest BCUT2D eigenvalue weighted by Crippen LogP contribution is 2.35. The largest absolute Gasteiger partial charge is 0.490 e. The molecule has 0 atom stereocenters. The molecule has 0 bridgehead atoms. The molecule has 1 saturated heterocycles. The molecule has 0 unspecified atom stereocenters. The van der Waals surface area contributed by atoms with Crippen molar-refractivity contribution in [1.29, 1.82) is 0 Å². The van der Waals surface area contributed by atoms with E-state index in [0.717, 1.165) is 14.7 Å². The van der Waals surface area contributed by atoms with Gasteiger partial charge >= 0.3 is 6.03 Å². The summed E-state index contributed by atoms with van der Waals surface area (Å²) in [6.07, 6.45) is 1.60. The highest BCUT2D eigenvalue weighted by molar-refractivity contribution is 14.1. The van der Waals surface area contributed by atoms with Crippen LogP contribution in [0, 0.1) is 7.14 Å². The normalized spacial score (nSPS) is 14.9. The molecule has 2 N–H and O–H groups in total. The van der Waals surface area contributed by atoms with E-state index in [1.165, 1.54) is 3.57 Å². The molecule has 8 heteroatoms. The van der Waals surface area contributed by atoms with E-state index in [0.29, 0.717) is 24.7 Å². The lowest BCUT2D eigenvalue weighted by molar-refractivity contribution is -0.115. The highest BCUT2D eigenvalue weighted by Gasteiger charge is 2.23. The molecule has 1 aliphatic heterocycles. The van der Waals surface area contributed by atoms with Gasteiger partial charge in [-0.25, -0.2) is 4.79 Å². The monoisotopic (exact) mass is 590 g/mol. The number of halogens is 2. The Morgan fingerprint density at radius 3 is 2.41 bits per heavy atom. The molecule has 1 fully saturated rings. The average Bonchev–Trinajstić information content (AvgIpc) is 2.93. The minimum absolute atomic E-state index is 0.200. The van der Waals surface area contributed by atoms with E-state index in [1.807, 2.05) is 37.3 Å². The van der Waals surface area contributed by atoms with Gasteiger partial charge in [0, 0.05) is 3.57 Å². The fraction of sp³-hybridized carbons (Fsp3) is 0.158. The van der Waals surface area contributed by atoms with E-state index in [1.54, 1.807) is 12.1 Å². The lowest BCUT2D eigenvalue weighted by Crippen LogP contribution is -2.22. The minimum Gasteiger partial charge on any atom is -0.490 e. The molecular weight excluding hydrogens is 574 g/mol. The van der Waals surface area contributed by atoms with Crippen LogP contribution in [-0.2, 0) is 11.4 Å². The number of benzene rings is 2. The van der Waals surface area contributed by atoms with Crippen molar-refractivity contribution in [2.24, 2.45) is 0 Å². The van der Waals surface area contributed by atoms with Gasteiger partial charge in [-0.05, 0) is 93.6 Å². The number of urea groups is 1. The van der Waals surface area contributed by atoms with Gasteiger partial charge in [0.15, 0.2) is 11.5 Å². The van der Waals surface area contributed by atoms with Gasteiger partial charge in [-0.2, -0.15) is 0 Å². The molecule has 0 aliphatic carbocycles. The third kappa shape index (κ3) is 5.12. The fourth-order valence-electron chi connectivity index (χ4n) is 2.46. The van der Waals surface area contributed by atoms with Crippen LogP contribution in [0.2, 0.25) is 0 Å².